The van der Waals surface area contributed by atoms with Crippen molar-refractivity contribution in [2.24, 2.45) is 0 Å². The van der Waals surface area contributed by atoms with E-state index < -0.39 is 5.97 Å². The lowest BCUT2D eigenvalue weighted by atomic mass is 10.1. The molecule has 0 saturated heterocycles. The van der Waals surface area contributed by atoms with Crippen LogP contribution < -0.4 is 0 Å². The van der Waals surface area contributed by atoms with E-state index in [4.69, 9.17) is 4.42 Å². The molecule has 0 atom stereocenters. The minimum Gasteiger partial charge on any atom is -0.461 e. The van der Waals surface area contributed by atoms with Gasteiger partial charge in [0.25, 0.3) is 0 Å². The Balaban J connectivity index is 2.29. The van der Waals surface area contributed by atoms with Crippen molar-refractivity contribution in [3.05, 3.63) is 47.7 Å². The monoisotopic (exact) mass is 234 g/mol. The number of carbonyl (C=O) groups excluding carboxylic acids is 1. The maximum atomic E-state index is 11.1. The second kappa shape index (κ2) is 4.45. The highest BCUT2D eigenvalue weighted by Crippen LogP contribution is 2.22. The molecule has 2 rings (SSSR count). The van der Waals surface area contributed by atoms with Gasteiger partial charge in [-0.15, -0.1) is 0 Å². The van der Waals surface area contributed by atoms with E-state index in [2.05, 4.69) is 17.1 Å². The zero-order valence-electron chi connectivity index (χ0n) is 8.64. The lowest BCUT2D eigenvalue weighted by molar-refractivity contribution is 0.0772. The lowest BCUT2D eigenvalue weighted by Crippen LogP contribution is -1.96. The molecule has 0 N–H and O–H groups in total. The number of thiol groups is 1. The van der Waals surface area contributed by atoms with E-state index in [1.54, 1.807) is 24.3 Å². The SMILES string of the molecule is Cc1ccc(-c2ccc(C(=O)OS)cc2)o1. The van der Waals surface area contributed by atoms with Crippen molar-refractivity contribution in [1.29, 1.82) is 0 Å². The molecule has 0 saturated carbocycles. The second-order valence-electron chi connectivity index (χ2n) is 3.37. The number of furan rings is 1. The number of aryl methyl sites for hydroxylation is 1. The van der Waals surface area contributed by atoms with E-state index in [9.17, 15) is 4.79 Å². The van der Waals surface area contributed by atoms with E-state index in [-0.39, 0.29) is 0 Å². The van der Waals surface area contributed by atoms with Gasteiger partial charge in [-0.05, 0) is 31.2 Å². The highest BCUT2D eigenvalue weighted by atomic mass is 32.1. The molecule has 0 amide bonds. The summed E-state index contributed by atoms with van der Waals surface area (Å²) in [7, 11) is 0. The van der Waals surface area contributed by atoms with Crippen molar-refractivity contribution >= 4 is 18.9 Å². The smallest absolute Gasteiger partial charge is 0.349 e. The molecule has 2 aromatic rings. The first-order valence-electron chi connectivity index (χ1n) is 4.73. The molecule has 3 nitrogen and oxygen atoms in total. The summed E-state index contributed by atoms with van der Waals surface area (Å²) >= 11 is 3.46. The van der Waals surface area contributed by atoms with Crippen molar-refractivity contribution in [2.75, 3.05) is 0 Å². The first-order valence-corrected chi connectivity index (χ1v) is 5.10. The molecule has 0 unspecified atom stereocenters. The Bertz CT molecular complexity index is 499. The van der Waals surface area contributed by atoms with Crippen LogP contribution in [0.15, 0.2) is 40.8 Å². The number of rotatable bonds is 2. The van der Waals surface area contributed by atoms with Gasteiger partial charge < -0.3 is 8.60 Å². The molecule has 1 aromatic heterocycles. The van der Waals surface area contributed by atoms with Crippen LogP contribution in [0.25, 0.3) is 11.3 Å². The van der Waals surface area contributed by atoms with E-state index in [0.717, 1.165) is 17.1 Å². The maximum absolute atomic E-state index is 11.1. The fraction of sp³-hybridized carbons (Fsp3) is 0.0833. The highest BCUT2D eigenvalue weighted by Gasteiger charge is 2.07. The largest absolute Gasteiger partial charge is 0.461 e. The van der Waals surface area contributed by atoms with Crippen LogP contribution in [-0.2, 0) is 4.18 Å². The summed E-state index contributed by atoms with van der Waals surface area (Å²) in [6, 6.07) is 10.7. The number of hydrogen-bond acceptors (Lipinski definition) is 4. The molecule has 0 bridgehead atoms. The molecule has 16 heavy (non-hydrogen) atoms. The molecular weight excluding hydrogens is 224 g/mol. The maximum Gasteiger partial charge on any atom is 0.349 e. The Kier molecular flexibility index (Phi) is 3.01. The van der Waals surface area contributed by atoms with Gasteiger partial charge in [-0.1, -0.05) is 12.1 Å². The fourth-order valence-electron chi connectivity index (χ4n) is 1.41. The summed E-state index contributed by atoms with van der Waals surface area (Å²) in [4.78, 5) is 11.1. The highest BCUT2D eigenvalue weighted by molar-refractivity contribution is 7.75. The minimum absolute atomic E-state index is 0.460. The zero-order chi connectivity index (χ0) is 11.5. The van der Waals surface area contributed by atoms with Crippen LogP contribution >= 0.6 is 12.9 Å². The van der Waals surface area contributed by atoms with Gasteiger partial charge in [0, 0.05) is 18.5 Å². The first-order chi connectivity index (χ1) is 7.70. The molecule has 0 fully saturated rings. The predicted octanol–water partition coefficient (Wildman–Crippen LogP) is 3.26. The number of carbonyl (C=O) groups is 1. The summed E-state index contributed by atoms with van der Waals surface area (Å²) in [5.74, 6) is 1.17. The molecule has 1 aromatic carbocycles. The van der Waals surface area contributed by atoms with Gasteiger partial charge in [0.2, 0.25) is 0 Å². The van der Waals surface area contributed by atoms with Crippen LogP contribution in [0, 0.1) is 6.92 Å². The summed E-state index contributed by atoms with van der Waals surface area (Å²) in [5.41, 5.74) is 1.38. The van der Waals surface area contributed by atoms with Crippen molar-refractivity contribution in [3.63, 3.8) is 0 Å². The topological polar surface area (TPSA) is 39.4 Å². The van der Waals surface area contributed by atoms with Crippen LogP contribution in [-0.4, -0.2) is 5.97 Å². The van der Waals surface area contributed by atoms with Crippen LogP contribution in [0.5, 0.6) is 0 Å². The molecule has 1 heterocycles. The average molecular weight is 234 g/mol. The Hall–Kier alpha value is -1.68. The Morgan fingerprint density at radius 1 is 1.19 bits per heavy atom. The zero-order valence-corrected chi connectivity index (χ0v) is 9.53. The van der Waals surface area contributed by atoms with E-state index >= 15 is 0 Å². The standard InChI is InChI=1S/C12H10O3S/c1-8-2-7-11(14-8)9-3-5-10(6-4-9)12(13)15-16/h2-7,16H,1H3. The lowest BCUT2D eigenvalue weighted by Gasteiger charge is -1.99. The summed E-state index contributed by atoms with van der Waals surface area (Å²) < 4.78 is 9.78. The summed E-state index contributed by atoms with van der Waals surface area (Å²) in [6.45, 7) is 1.89. The van der Waals surface area contributed by atoms with Gasteiger partial charge in [0.05, 0.1) is 5.56 Å². The van der Waals surface area contributed by atoms with Gasteiger partial charge in [-0.2, -0.15) is 0 Å². The molecule has 4 heteroatoms. The molecule has 0 aliphatic carbocycles. The molecular formula is C12H10O3S. The minimum atomic E-state index is -0.467. The average Bonchev–Trinajstić information content (AvgIpc) is 2.75. The van der Waals surface area contributed by atoms with Crippen LogP contribution in [0.4, 0.5) is 0 Å². The Morgan fingerprint density at radius 3 is 2.38 bits per heavy atom. The van der Waals surface area contributed by atoms with Crippen molar-refractivity contribution in [3.8, 4) is 11.3 Å². The molecule has 0 aliphatic rings. The van der Waals surface area contributed by atoms with Crippen LogP contribution in [0.2, 0.25) is 0 Å². The third kappa shape index (κ3) is 2.12. The third-order valence-corrected chi connectivity index (χ3v) is 2.39. The van der Waals surface area contributed by atoms with Gasteiger partial charge in [-0.25, -0.2) is 4.79 Å². The van der Waals surface area contributed by atoms with Crippen molar-refractivity contribution in [1.82, 2.24) is 0 Å². The van der Waals surface area contributed by atoms with Gasteiger partial charge in [-0.3, -0.25) is 0 Å². The number of benzene rings is 1. The van der Waals surface area contributed by atoms with Gasteiger partial charge in [0.15, 0.2) is 0 Å². The van der Waals surface area contributed by atoms with Crippen LogP contribution in [0.1, 0.15) is 16.1 Å². The Morgan fingerprint density at radius 2 is 1.88 bits per heavy atom. The van der Waals surface area contributed by atoms with E-state index in [1.165, 1.54) is 0 Å². The molecule has 0 radical (unpaired) electrons. The number of hydrogen-bond donors (Lipinski definition) is 1. The van der Waals surface area contributed by atoms with Crippen molar-refractivity contribution in [2.45, 2.75) is 6.92 Å². The van der Waals surface area contributed by atoms with E-state index in [1.807, 2.05) is 19.1 Å². The predicted molar refractivity (Wildman–Crippen MR) is 63.3 cm³/mol. The summed E-state index contributed by atoms with van der Waals surface area (Å²) in [5, 5.41) is 0. The Labute approximate surface area is 98.7 Å². The third-order valence-electron chi connectivity index (χ3n) is 2.23. The molecule has 0 spiro atoms. The quantitative estimate of drug-likeness (QED) is 0.640. The normalized spacial score (nSPS) is 10.1. The van der Waals surface area contributed by atoms with Gasteiger partial charge in [0.1, 0.15) is 11.5 Å². The van der Waals surface area contributed by atoms with Crippen LogP contribution in [0.3, 0.4) is 0 Å². The molecule has 0 aliphatic heterocycles. The summed E-state index contributed by atoms with van der Waals surface area (Å²) in [6.07, 6.45) is 0. The first kappa shape index (κ1) is 10.8. The fourth-order valence-corrected chi connectivity index (χ4v) is 1.52. The molecule has 82 valence electrons. The van der Waals surface area contributed by atoms with Crippen molar-refractivity contribution < 1.29 is 13.4 Å². The second-order valence-corrected chi connectivity index (χ2v) is 3.55. The van der Waals surface area contributed by atoms with Gasteiger partial charge >= 0.3 is 5.97 Å². The van der Waals surface area contributed by atoms with E-state index in [0.29, 0.717) is 5.56 Å².